The standard InChI is InChI=1S/C49H70F3N5O8SSi/c1-48(2,3)44(41-24-34(37-25-36(50)19-20-38(37)51)27-55(41)26-33-16-12-10-13-17-33)57(29-35-28-56(30-39(35)52)47(63)64-22-23-67(7,8)9)43(59)32-66-31-40(45(60)61)54-42(58)18-14-11-15-21-53-46(62)65-49(4,5)6/h10,12-13,16-17,19-20,24-25,27,35,39-40,44H,11,14-15,18,21-23,26,28-32H2,1-9H3,(H,53,62)(H,54,58)(H,60,61)/t35-,39-,40-,44-/m0/s1. The van der Waals surface area contributed by atoms with Crippen LogP contribution >= 0.6 is 11.8 Å². The van der Waals surface area contributed by atoms with Gasteiger partial charge in [-0.25, -0.2) is 27.6 Å². The summed E-state index contributed by atoms with van der Waals surface area (Å²) < 4.78 is 58.9. The zero-order chi connectivity index (χ0) is 49.7. The van der Waals surface area contributed by atoms with Crippen LogP contribution in [0.15, 0.2) is 60.8 Å². The number of carbonyl (C=O) groups excluding carboxylic acids is 4. The summed E-state index contributed by atoms with van der Waals surface area (Å²) in [4.78, 5) is 68.0. The van der Waals surface area contributed by atoms with Gasteiger partial charge in [-0.05, 0) is 74.9 Å². The van der Waals surface area contributed by atoms with Crippen LogP contribution in [0.1, 0.15) is 84.5 Å². The molecule has 3 aromatic rings. The molecule has 67 heavy (non-hydrogen) atoms. The van der Waals surface area contributed by atoms with E-state index in [4.69, 9.17) is 9.47 Å². The number of rotatable bonds is 22. The predicted molar refractivity (Wildman–Crippen MR) is 258 cm³/mol. The number of unbranched alkanes of at least 4 members (excludes halogenated alkanes) is 2. The topological polar surface area (TPSA) is 160 Å². The fraction of sp³-hybridized carbons (Fsp3) is 0.571. The SMILES string of the molecule is CC(C)(C)OC(=O)NCCCCCC(=O)N[C@@H](CSCC(=O)N(C[C@@H]1CN(C(=O)OCC[Si](C)(C)C)C[C@@H]1F)[C@@H](c1cc(-c2cc(F)ccc2F)cn1Cc1ccccc1)C(C)(C)C)C(=O)O. The first kappa shape index (κ1) is 54.6. The number of hydrogen-bond donors (Lipinski definition) is 3. The van der Waals surface area contributed by atoms with Gasteiger partial charge in [0, 0.05) is 75.4 Å². The molecule has 0 aliphatic carbocycles. The van der Waals surface area contributed by atoms with Crippen molar-refractivity contribution in [3.63, 3.8) is 0 Å². The molecule has 1 saturated heterocycles. The number of carbonyl (C=O) groups is 5. The van der Waals surface area contributed by atoms with Crippen molar-refractivity contribution in [3.8, 4) is 11.1 Å². The lowest BCUT2D eigenvalue weighted by atomic mass is 9.82. The largest absolute Gasteiger partial charge is 0.480 e. The molecule has 2 aromatic carbocycles. The number of benzene rings is 2. The number of thioether (sulfide) groups is 1. The number of aliphatic carboxylic acids is 1. The summed E-state index contributed by atoms with van der Waals surface area (Å²) in [6, 6.07) is 13.0. The molecule has 370 valence electrons. The van der Waals surface area contributed by atoms with Gasteiger partial charge < -0.3 is 39.6 Å². The van der Waals surface area contributed by atoms with Gasteiger partial charge in [0.1, 0.15) is 29.4 Å². The molecule has 0 radical (unpaired) electrons. The first-order valence-corrected chi connectivity index (χ1v) is 27.8. The van der Waals surface area contributed by atoms with E-state index in [1.807, 2.05) is 55.7 Å². The zero-order valence-corrected chi connectivity index (χ0v) is 42.3. The number of amides is 4. The van der Waals surface area contributed by atoms with Crippen molar-refractivity contribution in [2.24, 2.45) is 11.3 Å². The third-order valence-corrected chi connectivity index (χ3v) is 13.8. The maximum Gasteiger partial charge on any atom is 0.409 e. The Morgan fingerprint density at radius 1 is 0.955 bits per heavy atom. The maximum atomic E-state index is 16.2. The van der Waals surface area contributed by atoms with Gasteiger partial charge in [-0.3, -0.25) is 9.59 Å². The number of carboxylic acids is 1. The quantitative estimate of drug-likeness (QED) is 0.0659. The summed E-state index contributed by atoms with van der Waals surface area (Å²) in [7, 11) is -1.52. The molecule has 1 fully saturated rings. The molecule has 2 heterocycles. The van der Waals surface area contributed by atoms with E-state index in [0.29, 0.717) is 43.6 Å². The predicted octanol–water partition coefficient (Wildman–Crippen LogP) is 9.53. The molecule has 4 rings (SSSR count). The second-order valence-corrected chi connectivity index (χ2v) is 27.2. The van der Waals surface area contributed by atoms with Crippen LogP contribution in [0.2, 0.25) is 25.7 Å². The Morgan fingerprint density at radius 2 is 1.66 bits per heavy atom. The second kappa shape index (κ2) is 24.4. The number of ether oxygens (including phenoxy) is 2. The van der Waals surface area contributed by atoms with Gasteiger partial charge >= 0.3 is 18.2 Å². The van der Waals surface area contributed by atoms with Crippen molar-refractivity contribution in [1.29, 1.82) is 0 Å². The Labute approximate surface area is 398 Å². The van der Waals surface area contributed by atoms with Crippen LogP contribution in [0, 0.1) is 23.0 Å². The van der Waals surface area contributed by atoms with Crippen molar-refractivity contribution in [2.75, 3.05) is 44.3 Å². The van der Waals surface area contributed by atoms with Crippen LogP contribution < -0.4 is 10.6 Å². The lowest BCUT2D eigenvalue weighted by molar-refractivity contribution is -0.141. The maximum absolute atomic E-state index is 16.2. The van der Waals surface area contributed by atoms with E-state index >= 15 is 8.78 Å². The van der Waals surface area contributed by atoms with Crippen LogP contribution in [0.4, 0.5) is 22.8 Å². The molecule has 4 atom stereocenters. The molecule has 1 aliphatic heterocycles. The highest BCUT2D eigenvalue weighted by atomic mass is 32.2. The van der Waals surface area contributed by atoms with Crippen molar-refractivity contribution in [1.82, 2.24) is 25.0 Å². The number of aromatic nitrogens is 1. The molecule has 0 unspecified atom stereocenters. The summed E-state index contributed by atoms with van der Waals surface area (Å²) in [6.07, 6.45) is 0.739. The van der Waals surface area contributed by atoms with Crippen LogP contribution in [0.25, 0.3) is 11.1 Å². The Morgan fingerprint density at radius 3 is 2.30 bits per heavy atom. The summed E-state index contributed by atoms with van der Waals surface area (Å²) >= 11 is 1.01. The molecule has 0 bridgehead atoms. The Hall–Kier alpha value is -4.97. The Kier molecular flexibility index (Phi) is 19.9. The minimum Gasteiger partial charge on any atom is -0.480 e. The molecule has 1 aromatic heterocycles. The highest BCUT2D eigenvalue weighted by Crippen LogP contribution is 2.42. The average molecular weight is 974 g/mol. The average Bonchev–Trinajstić information content (AvgIpc) is 3.80. The molecular weight excluding hydrogens is 904 g/mol. The van der Waals surface area contributed by atoms with E-state index < -0.39 is 84.9 Å². The summed E-state index contributed by atoms with van der Waals surface area (Å²) in [5.41, 5.74) is 0.475. The minimum absolute atomic E-state index is 0.0150. The molecule has 18 heteroatoms. The van der Waals surface area contributed by atoms with Crippen molar-refractivity contribution < 1.29 is 51.7 Å². The fourth-order valence-corrected chi connectivity index (χ4v) is 9.42. The van der Waals surface area contributed by atoms with E-state index in [9.17, 15) is 33.5 Å². The van der Waals surface area contributed by atoms with E-state index in [1.54, 1.807) is 37.9 Å². The third kappa shape index (κ3) is 17.9. The highest BCUT2D eigenvalue weighted by molar-refractivity contribution is 8.00. The smallest absolute Gasteiger partial charge is 0.409 e. The third-order valence-electron chi connectivity index (χ3n) is 11.1. The van der Waals surface area contributed by atoms with Gasteiger partial charge in [0.2, 0.25) is 11.8 Å². The van der Waals surface area contributed by atoms with Crippen LogP contribution in [-0.4, -0.2) is 120 Å². The van der Waals surface area contributed by atoms with Gasteiger partial charge in [-0.1, -0.05) is 77.2 Å². The highest BCUT2D eigenvalue weighted by Gasteiger charge is 2.43. The molecule has 3 N–H and O–H groups in total. The van der Waals surface area contributed by atoms with Crippen molar-refractivity contribution in [2.45, 2.75) is 123 Å². The van der Waals surface area contributed by atoms with E-state index in [1.165, 1.54) is 4.90 Å². The number of alkyl carbamates (subject to hydrolysis) is 1. The monoisotopic (exact) mass is 973 g/mol. The molecule has 0 saturated carbocycles. The van der Waals surface area contributed by atoms with Gasteiger partial charge in [-0.2, -0.15) is 0 Å². The van der Waals surface area contributed by atoms with Gasteiger partial charge in [0.25, 0.3) is 0 Å². The second-order valence-electron chi connectivity index (χ2n) is 20.5. The van der Waals surface area contributed by atoms with Crippen LogP contribution in [0.5, 0.6) is 0 Å². The first-order valence-electron chi connectivity index (χ1n) is 22.9. The molecule has 4 amide bonds. The summed E-state index contributed by atoms with van der Waals surface area (Å²) in [5, 5.41) is 15.3. The number of likely N-dealkylation sites (tertiary alicyclic amines) is 1. The van der Waals surface area contributed by atoms with Crippen LogP contribution in [0.3, 0.4) is 0 Å². The molecule has 1 aliphatic rings. The number of nitrogens with one attached hydrogen (secondary N) is 2. The lowest BCUT2D eigenvalue weighted by Gasteiger charge is -2.42. The Balaban J connectivity index is 1.59. The summed E-state index contributed by atoms with van der Waals surface area (Å²) in [6.45, 7) is 18.0. The van der Waals surface area contributed by atoms with Gasteiger partial charge in [-0.15, -0.1) is 11.8 Å². The summed E-state index contributed by atoms with van der Waals surface area (Å²) in [5.74, 6) is -4.69. The molecule has 13 nitrogen and oxygen atoms in total. The zero-order valence-electron chi connectivity index (χ0n) is 40.5. The molecular formula is C49H70F3N5O8SSi. The first-order chi connectivity index (χ1) is 31.3. The molecule has 0 spiro atoms. The lowest BCUT2D eigenvalue weighted by Crippen LogP contribution is -2.47. The van der Waals surface area contributed by atoms with Crippen LogP contribution in [-0.2, 0) is 30.4 Å². The number of nitrogens with zero attached hydrogens (tertiary/aromatic N) is 3. The fourth-order valence-electron chi connectivity index (χ4n) is 7.78. The van der Waals surface area contributed by atoms with Crippen molar-refractivity contribution >= 4 is 49.8 Å². The minimum atomic E-state index is -1.52. The number of alkyl halides is 1. The van der Waals surface area contributed by atoms with E-state index in [0.717, 1.165) is 41.6 Å². The number of hydrogen-bond acceptors (Lipinski definition) is 8. The van der Waals surface area contributed by atoms with Crippen molar-refractivity contribution in [3.05, 3.63) is 83.7 Å². The van der Waals surface area contributed by atoms with Gasteiger partial charge in [0.05, 0.1) is 24.9 Å². The number of halogens is 3. The Bertz CT molecular complexity index is 2140. The number of carboxylic acid groups (broad SMARTS) is 1. The van der Waals surface area contributed by atoms with E-state index in [2.05, 4.69) is 30.3 Å². The normalized spacial score (nSPS) is 16.3. The van der Waals surface area contributed by atoms with E-state index in [-0.39, 0.29) is 49.7 Å². The van der Waals surface area contributed by atoms with Gasteiger partial charge in [0.15, 0.2) is 0 Å².